The minimum Gasteiger partial charge on any atom is -0.467 e. The normalized spacial score (nSPS) is 22.2. The van der Waals surface area contributed by atoms with Crippen molar-refractivity contribution in [2.75, 3.05) is 21.3 Å². The zero-order valence-electron chi connectivity index (χ0n) is 15.9. The van der Waals surface area contributed by atoms with Gasteiger partial charge in [-0.3, -0.25) is 9.63 Å². The first-order valence-corrected chi connectivity index (χ1v) is 8.02. The average molecular weight is 375 g/mol. The van der Waals surface area contributed by atoms with E-state index in [9.17, 15) is 19.2 Å². The van der Waals surface area contributed by atoms with Crippen molar-refractivity contribution >= 4 is 23.9 Å². The van der Waals surface area contributed by atoms with Crippen LogP contribution in [0.3, 0.4) is 0 Å². The number of ether oxygens (including phenoxy) is 4. The maximum Gasteiger partial charge on any atom is 0.341 e. The van der Waals surface area contributed by atoms with Crippen LogP contribution in [0.25, 0.3) is 0 Å². The lowest BCUT2D eigenvalue weighted by Gasteiger charge is -2.31. The Labute approximate surface area is 151 Å². The smallest absolute Gasteiger partial charge is 0.341 e. The van der Waals surface area contributed by atoms with E-state index < -0.39 is 53.6 Å². The molecule has 0 aromatic rings. The van der Waals surface area contributed by atoms with Gasteiger partial charge in [0.1, 0.15) is 5.92 Å². The molecule has 10 heteroatoms. The van der Waals surface area contributed by atoms with Crippen LogP contribution in [0, 0.1) is 5.92 Å². The van der Waals surface area contributed by atoms with E-state index in [0.29, 0.717) is 0 Å². The van der Waals surface area contributed by atoms with Gasteiger partial charge in [0, 0.05) is 7.05 Å². The zero-order chi connectivity index (χ0) is 20.2. The fourth-order valence-corrected chi connectivity index (χ4v) is 2.71. The Balaban J connectivity index is 3.53. The number of methoxy groups -OCH3 is 2. The van der Waals surface area contributed by atoms with E-state index in [1.165, 1.54) is 7.05 Å². The Morgan fingerprint density at radius 3 is 1.69 bits per heavy atom. The number of hydroxylamine groups is 2. The number of esters is 4. The molecule has 26 heavy (non-hydrogen) atoms. The van der Waals surface area contributed by atoms with Gasteiger partial charge >= 0.3 is 23.9 Å². The lowest BCUT2D eigenvalue weighted by atomic mass is 9.80. The van der Waals surface area contributed by atoms with E-state index >= 15 is 0 Å². The Bertz CT molecular complexity index is 556. The monoisotopic (exact) mass is 375 g/mol. The van der Waals surface area contributed by atoms with Gasteiger partial charge in [-0.2, -0.15) is 5.06 Å². The van der Waals surface area contributed by atoms with Crippen LogP contribution in [0.15, 0.2) is 0 Å². The first kappa shape index (κ1) is 21.8. The number of rotatable bonds is 6. The van der Waals surface area contributed by atoms with Gasteiger partial charge in [0.2, 0.25) is 0 Å². The highest BCUT2D eigenvalue weighted by molar-refractivity contribution is 6.10. The van der Waals surface area contributed by atoms with E-state index in [1.807, 2.05) is 0 Å². The van der Waals surface area contributed by atoms with Gasteiger partial charge in [-0.05, 0) is 27.7 Å². The molecule has 0 bridgehead atoms. The lowest BCUT2D eigenvalue weighted by molar-refractivity contribution is -0.209. The number of likely N-dealkylation sites (N-methyl/N-ethyl adjacent to an activating group) is 1. The van der Waals surface area contributed by atoms with Gasteiger partial charge in [0.25, 0.3) is 5.54 Å². The second-order valence-corrected chi connectivity index (χ2v) is 6.22. The van der Waals surface area contributed by atoms with Crippen molar-refractivity contribution in [1.82, 2.24) is 5.06 Å². The summed E-state index contributed by atoms with van der Waals surface area (Å²) in [5, 5.41) is 0.781. The molecule has 1 aliphatic rings. The summed E-state index contributed by atoms with van der Waals surface area (Å²) >= 11 is 0. The number of nitrogens with zero attached hydrogens (tertiary/aromatic N) is 1. The molecule has 0 spiro atoms. The molecular weight excluding hydrogens is 350 g/mol. The predicted molar refractivity (Wildman–Crippen MR) is 85.3 cm³/mol. The van der Waals surface area contributed by atoms with Gasteiger partial charge in [0.05, 0.1) is 26.4 Å². The largest absolute Gasteiger partial charge is 0.467 e. The van der Waals surface area contributed by atoms with Crippen molar-refractivity contribution in [1.29, 1.82) is 0 Å². The Morgan fingerprint density at radius 2 is 1.31 bits per heavy atom. The number of hydrogen-bond acceptors (Lipinski definition) is 10. The van der Waals surface area contributed by atoms with Crippen molar-refractivity contribution in [3.8, 4) is 0 Å². The standard InChI is InChI=1S/C16H25NO9/c1-8(2)24-12(18)10-11(13(19)25-9(3)4)26-17(5)16(10,14(20)22-6)15(21)23-7/h8-11H,1-7H3/t10-,11+/m1/s1. The summed E-state index contributed by atoms with van der Waals surface area (Å²) in [4.78, 5) is 55.6. The summed E-state index contributed by atoms with van der Waals surface area (Å²) in [6.45, 7) is 6.37. The van der Waals surface area contributed by atoms with Gasteiger partial charge in [-0.15, -0.1) is 0 Å². The van der Waals surface area contributed by atoms with E-state index in [1.54, 1.807) is 27.7 Å². The zero-order valence-corrected chi connectivity index (χ0v) is 15.9. The third-order valence-corrected chi connectivity index (χ3v) is 3.70. The van der Waals surface area contributed by atoms with E-state index in [-0.39, 0.29) is 0 Å². The van der Waals surface area contributed by atoms with Crippen LogP contribution < -0.4 is 0 Å². The Hall–Kier alpha value is -2.20. The number of carbonyl (C=O) groups is 4. The van der Waals surface area contributed by atoms with Crippen molar-refractivity contribution in [3.63, 3.8) is 0 Å². The molecule has 0 radical (unpaired) electrons. The summed E-state index contributed by atoms with van der Waals surface area (Å²) in [5.74, 6) is -5.85. The van der Waals surface area contributed by atoms with E-state index in [2.05, 4.69) is 0 Å². The minimum atomic E-state index is -2.35. The molecule has 1 aliphatic heterocycles. The Morgan fingerprint density at radius 1 is 0.885 bits per heavy atom. The number of hydrogen-bond donors (Lipinski definition) is 0. The second-order valence-electron chi connectivity index (χ2n) is 6.22. The summed E-state index contributed by atoms with van der Waals surface area (Å²) in [5.41, 5.74) is -2.35. The van der Waals surface area contributed by atoms with Crippen LogP contribution in [0.1, 0.15) is 27.7 Å². The molecule has 0 N–H and O–H groups in total. The molecule has 0 unspecified atom stereocenters. The topological polar surface area (TPSA) is 118 Å². The molecule has 10 nitrogen and oxygen atoms in total. The third kappa shape index (κ3) is 3.80. The molecule has 0 aliphatic carbocycles. The first-order chi connectivity index (χ1) is 12.0. The molecule has 1 rings (SSSR count). The van der Waals surface area contributed by atoms with Gasteiger partial charge in [-0.25, -0.2) is 14.4 Å². The minimum absolute atomic E-state index is 0.510. The molecular formula is C16H25NO9. The van der Waals surface area contributed by atoms with Crippen LogP contribution in [0.2, 0.25) is 0 Å². The lowest BCUT2D eigenvalue weighted by Crippen LogP contribution is -2.62. The molecule has 0 aromatic heterocycles. The molecule has 2 atom stereocenters. The van der Waals surface area contributed by atoms with Crippen LogP contribution in [0.5, 0.6) is 0 Å². The van der Waals surface area contributed by atoms with Gasteiger partial charge in [0.15, 0.2) is 6.10 Å². The van der Waals surface area contributed by atoms with E-state index in [4.69, 9.17) is 23.8 Å². The highest BCUT2D eigenvalue weighted by Crippen LogP contribution is 2.40. The fourth-order valence-electron chi connectivity index (χ4n) is 2.71. The van der Waals surface area contributed by atoms with Crippen LogP contribution >= 0.6 is 0 Å². The maximum absolute atomic E-state index is 12.7. The maximum atomic E-state index is 12.7. The van der Waals surface area contributed by atoms with Gasteiger partial charge in [-0.1, -0.05) is 0 Å². The number of carbonyl (C=O) groups excluding carboxylic acids is 4. The summed E-state index contributed by atoms with van der Waals surface area (Å²) in [7, 11) is 3.28. The molecule has 0 aromatic carbocycles. The van der Waals surface area contributed by atoms with Crippen LogP contribution in [-0.2, 0) is 43.0 Å². The molecule has 0 amide bonds. The van der Waals surface area contributed by atoms with E-state index in [0.717, 1.165) is 19.3 Å². The fraction of sp³-hybridized carbons (Fsp3) is 0.750. The second kappa shape index (κ2) is 8.45. The first-order valence-electron chi connectivity index (χ1n) is 8.02. The summed E-state index contributed by atoms with van der Waals surface area (Å²) in [6.07, 6.45) is -2.67. The highest BCUT2D eigenvalue weighted by Gasteiger charge is 2.71. The van der Waals surface area contributed by atoms with Crippen LogP contribution in [-0.4, -0.2) is 74.1 Å². The SMILES string of the molecule is COC(=O)C1(C(=O)OC)[C@@H](C(=O)OC(C)C)[C@@H](C(=O)OC(C)C)ON1C. The van der Waals surface area contributed by atoms with Crippen LogP contribution in [0.4, 0.5) is 0 Å². The van der Waals surface area contributed by atoms with Crippen molar-refractivity contribution in [2.24, 2.45) is 5.92 Å². The molecule has 1 heterocycles. The van der Waals surface area contributed by atoms with Crippen molar-refractivity contribution in [3.05, 3.63) is 0 Å². The summed E-state index contributed by atoms with van der Waals surface area (Å²) < 4.78 is 19.6. The Kier molecular flexibility index (Phi) is 7.10. The average Bonchev–Trinajstić information content (AvgIpc) is 2.86. The predicted octanol–water partition coefficient (Wildman–Crippen LogP) is -0.164. The molecule has 1 fully saturated rings. The van der Waals surface area contributed by atoms with Crippen molar-refractivity contribution in [2.45, 2.75) is 51.5 Å². The van der Waals surface area contributed by atoms with Crippen molar-refractivity contribution < 1.29 is 43.0 Å². The quantitative estimate of drug-likeness (QED) is 0.352. The van der Waals surface area contributed by atoms with Gasteiger partial charge < -0.3 is 18.9 Å². The molecule has 0 saturated carbocycles. The molecule has 148 valence electrons. The summed E-state index contributed by atoms with van der Waals surface area (Å²) in [6, 6.07) is 0. The molecule has 1 saturated heterocycles. The highest BCUT2D eigenvalue weighted by atomic mass is 16.7. The third-order valence-electron chi connectivity index (χ3n) is 3.70.